The molecule has 13 heteroatoms. The number of rotatable bonds is 13. The van der Waals surface area contributed by atoms with Crippen molar-refractivity contribution in [2.45, 2.75) is 59.9 Å². The Morgan fingerprint density at radius 1 is 0.892 bits per heavy atom. The first kappa shape index (κ1) is 31.7. The molecule has 204 valence electrons. The summed E-state index contributed by atoms with van der Waals surface area (Å²) in [6, 6.07) is 9.63. The summed E-state index contributed by atoms with van der Waals surface area (Å²) in [6.07, 6.45) is 3.95. The summed E-state index contributed by atoms with van der Waals surface area (Å²) >= 11 is 0. The third-order valence-corrected chi connectivity index (χ3v) is 5.12. The van der Waals surface area contributed by atoms with Gasteiger partial charge in [-0.1, -0.05) is 43.7 Å². The van der Waals surface area contributed by atoms with Gasteiger partial charge in [-0.3, -0.25) is 4.79 Å². The fourth-order valence-corrected chi connectivity index (χ4v) is 2.98. The summed E-state index contributed by atoms with van der Waals surface area (Å²) in [6.45, 7) is 5.80. The molecule has 0 aliphatic heterocycles. The van der Waals surface area contributed by atoms with Gasteiger partial charge in [0.25, 0.3) is 6.47 Å². The Labute approximate surface area is 214 Å². The van der Waals surface area contributed by atoms with Gasteiger partial charge in [0.05, 0.1) is 6.61 Å². The van der Waals surface area contributed by atoms with Gasteiger partial charge in [0.2, 0.25) is 0 Å². The summed E-state index contributed by atoms with van der Waals surface area (Å²) in [5, 5.41) is 0. The van der Waals surface area contributed by atoms with Crippen LogP contribution >= 0.6 is 8.38 Å². The highest BCUT2D eigenvalue weighted by molar-refractivity contribution is 7.45. The van der Waals surface area contributed by atoms with Crippen LogP contribution in [0.5, 0.6) is 0 Å². The van der Waals surface area contributed by atoms with E-state index in [1.807, 2.05) is 30.3 Å². The summed E-state index contributed by atoms with van der Waals surface area (Å²) in [5.74, 6) is -0.363. The Hall–Kier alpha value is -3.31. The molecule has 0 saturated heterocycles. The lowest BCUT2D eigenvalue weighted by molar-refractivity contribution is -0.130. The average Bonchev–Trinajstić information content (AvgIpc) is 3.39. The van der Waals surface area contributed by atoms with E-state index in [0.29, 0.717) is 18.1 Å². The van der Waals surface area contributed by atoms with Crippen LogP contribution in [0, 0.1) is 13.8 Å². The molecule has 1 aromatic carbocycles. The van der Waals surface area contributed by atoms with Gasteiger partial charge < -0.3 is 41.4 Å². The first-order valence-electron chi connectivity index (χ1n) is 11.2. The van der Waals surface area contributed by atoms with Crippen molar-refractivity contribution in [1.82, 2.24) is 0 Å². The van der Waals surface area contributed by atoms with Crippen LogP contribution in [0.25, 0.3) is 0 Å². The van der Waals surface area contributed by atoms with E-state index in [1.54, 1.807) is 13.8 Å². The Balaban J connectivity index is 0.000000337. The van der Waals surface area contributed by atoms with Crippen molar-refractivity contribution in [2.24, 2.45) is 0 Å². The Morgan fingerprint density at radius 3 is 1.95 bits per heavy atom. The average molecular weight is 542 g/mol. The van der Waals surface area contributed by atoms with Gasteiger partial charge in [-0.2, -0.15) is 0 Å². The molecular weight excluding hydrogens is 511 g/mol. The Morgan fingerprint density at radius 2 is 1.49 bits per heavy atom. The van der Waals surface area contributed by atoms with Gasteiger partial charge in [-0.15, -0.1) is 0 Å². The smallest absolute Gasteiger partial charge is 0.460 e. The topological polar surface area (TPSA) is 169 Å². The SMILES string of the molecule is CCCCC=O.Cc1oc(=O)oc1COC=O.Cc1oc(=O)oc1COP(O)COCc1ccccc1. The van der Waals surface area contributed by atoms with Crippen LogP contribution in [0.3, 0.4) is 0 Å². The quantitative estimate of drug-likeness (QED) is 0.186. The van der Waals surface area contributed by atoms with Crippen LogP contribution in [-0.4, -0.2) is 24.0 Å². The molecule has 0 spiro atoms. The molecular formula is C24H31O12P. The van der Waals surface area contributed by atoms with E-state index in [0.717, 1.165) is 31.1 Å². The second kappa shape index (κ2) is 18.9. The molecule has 0 bridgehead atoms. The Bertz CT molecular complexity index is 1130. The molecule has 12 nitrogen and oxygen atoms in total. The second-order valence-electron chi connectivity index (χ2n) is 7.17. The molecule has 2 heterocycles. The summed E-state index contributed by atoms with van der Waals surface area (Å²) < 4.78 is 33.3. The minimum atomic E-state index is -1.73. The zero-order valence-electron chi connectivity index (χ0n) is 20.9. The fraction of sp³-hybridized carbons (Fsp3) is 0.417. The van der Waals surface area contributed by atoms with E-state index in [2.05, 4.69) is 24.9 Å². The zero-order chi connectivity index (χ0) is 27.5. The number of hydrogen-bond donors (Lipinski definition) is 1. The van der Waals surface area contributed by atoms with E-state index >= 15 is 0 Å². The van der Waals surface area contributed by atoms with Crippen LogP contribution in [0.1, 0.15) is 54.8 Å². The third-order valence-electron chi connectivity index (χ3n) is 4.29. The highest BCUT2D eigenvalue weighted by atomic mass is 31.2. The molecule has 1 N–H and O–H groups in total. The lowest BCUT2D eigenvalue weighted by Crippen LogP contribution is -1.97. The maximum absolute atomic E-state index is 10.8. The highest BCUT2D eigenvalue weighted by Gasteiger charge is 2.12. The normalized spacial score (nSPS) is 10.9. The van der Waals surface area contributed by atoms with Gasteiger partial charge >= 0.3 is 11.6 Å². The molecule has 0 radical (unpaired) electrons. The minimum absolute atomic E-state index is 0.0194. The van der Waals surface area contributed by atoms with Gasteiger partial charge in [-0.05, 0) is 25.8 Å². The van der Waals surface area contributed by atoms with E-state index in [4.69, 9.17) is 13.7 Å². The van der Waals surface area contributed by atoms with Crippen molar-refractivity contribution in [1.29, 1.82) is 0 Å². The summed E-state index contributed by atoms with van der Waals surface area (Å²) in [5.41, 5.74) is 1.02. The molecule has 3 rings (SSSR count). The lowest BCUT2D eigenvalue weighted by Gasteiger charge is -2.10. The molecule has 0 amide bonds. The van der Waals surface area contributed by atoms with Crippen molar-refractivity contribution in [2.75, 3.05) is 6.35 Å². The fourth-order valence-electron chi connectivity index (χ4n) is 2.40. The largest absolute Gasteiger partial charge is 0.519 e. The molecule has 3 aromatic rings. The molecule has 37 heavy (non-hydrogen) atoms. The maximum Gasteiger partial charge on any atom is 0.519 e. The molecule has 1 atom stereocenters. The van der Waals surface area contributed by atoms with Crippen molar-refractivity contribution in [3.63, 3.8) is 0 Å². The standard InChI is InChI=1S/C13H15O6P.C6H6O5.C5H10O/c1-10-12(19-13(14)18-10)8-17-20(15)9-16-7-11-5-3-2-4-6-11;1-4-5(2-9-3-7)11-6(8)10-4;1-2-3-4-5-6/h2-6,15H,7-9H2,1H3;3H,2H2,1H3;5H,2-4H2,1H3. The first-order chi connectivity index (χ1) is 17.8. The summed E-state index contributed by atoms with van der Waals surface area (Å²) in [4.78, 5) is 50.2. The predicted molar refractivity (Wildman–Crippen MR) is 130 cm³/mol. The third kappa shape index (κ3) is 14.1. The molecule has 0 saturated carbocycles. The number of aryl methyl sites for hydroxylation is 2. The van der Waals surface area contributed by atoms with E-state index in [1.165, 1.54) is 0 Å². The number of aldehydes is 1. The highest BCUT2D eigenvalue weighted by Crippen LogP contribution is 2.33. The number of ether oxygens (including phenoxy) is 2. The zero-order valence-corrected chi connectivity index (χ0v) is 21.8. The number of unbranched alkanes of at least 4 members (excludes halogenated alkanes) is 2. The monoisotopic (exact) mass is 542 g/mol. The van der Waals surface area contributed by atoms with Crippen LogP contribution in [0.4, 0.5) is 0 Å². The Kier molecular flexibility index (Phi) is 16.2. The molecule has 0 aliphatic carbocycles. The van der Waals surface area contributed by atoms with Gasteiger partial charge in [0, 0.05) is 6.42 Å². The van der Waals surface area contributed by atoms with Crippen molar-refractivity contribution in [3.8, 4) is 0 Å². The number of benzene rings is 1. The number of hydrogen-bond acceptors (Lipinski definition) is 12. The van der Waals surface area contributed by atoms with Crippen molar-refractivity contribution < 1.29 is 46.1 Å². The van der Waals surface area contributed by atoms with E-state index < -0.39 is 20.0 Å². The molecule has 2 aromatic heterocycles. The summed E-state index contributed by atoms with van der Waals surface area (Å²) in [7, 11) is -1.73. The molecule has 0 aliphatic rings. The van der Waals surface area contributed by atoms with E-state index in [-0.39, 0.29) is 37.6 Å². The molecule has 0 fully saturated rings. The van der Waals surface area contributed by atoms with Crippen LogP contribution < -0.4 is 11.6 Å². The predicted octanol–water partition coefficient (Wildman–Crippen LogP) is 4.13. The second-order valence-corrected chi connectivity index (χ2v) is 8.39. The maximum atomic E-state index is 10.8. The van der Waals surface area contributed by atoms with Crippen molar-refractivity contribution in [3.05, 3.63) is 80.2 Å². The van der Waals surface area contributed by atoms with Crippen molar-refractivity contribution >= 4 is 21.1 Å². The minimum Gasteiger partial charge on any atom is -0.460 e. The van der Waals surface area contributed by atoms with Crippen LogP contribution in [-0.2, 0) is 43.4 Å². The number of carbonyl (C=O) groups is 2. The van der Waals surface area contributed by atoms with Gasteiger partial charge in [0.1, 0.15) is 25.0 Å². The number of carbonyl (C=O) groups excluding carboxylic acids is 2. The van der Waals surface area contributed by atoms with Crippen LogP contribution in [0.15, 0.2) is 57.6 Å². The first-order valence-corrected chi connectivity index (χ1v) is 12.6. The lowest BCUT2D eigenvalue weighted by atomic mass is 10.2. The van der Waals surface area contributed by atoms with Gasteiger partial charge in [-0.25, -0.2) is 9.59 Å². The van der Waals surface area contributed by atoms with Gasteiger partial charge in [0.15, 0.2) is 32.3 Å². The van der Waals surface area contributed by atoms with E-state index in [9.17, 15) is 24.1 Å². The van der Waals surface area contributed by atoms with Crippen LogP contribution in [0.2, 0.25) is 0 Å². The molecule has 1 unspecified atom stereocenters.